The fourth-order valence-electron chi connectivity index (χ4n) is 2.08. The van der Waals surface area contributed by atoms with Gasteiger partial charge in [-0.15, -0.1) is 0 Å². The smallest absolute Gasteiger partial charge is 0.191 e. The Morgan fingerprint density at radius 2 is 2.35 bits per heavy atom. The van der Waals surface area contributed by atoms with Gasteiger partial charge >= 0.3 is 0 Å². The molecule has 3 nitrogen and oxygen atoms in total. The van der Waals surface area contributed by atoms with Crippen molar-refractivity contribution in [1.82, 2.24) is 4.90 Å². The number of halogens is 2. The van der Waals surface area contributed by atoms with Gasteiger partial charge in [0.25, 0.3) is 0 Å². The van der Waals surface area contributed by atoms with E-state index in [0.717, 1.165) is 28.0 Å². The molecule has 0 aliphatic carbocycles. The number of nitrogens with zero attached hydrogens (tertiary/aromatic N) is 2. The van der Waals surface area contributed by atoms with E-state index >= 15 is 0 Å². The molecule has 0 saturated carbocycles. The summed E-state index contributed by atoms with van der Waals surface area (Å²) in [5.41, 5.74) is 6.99. The first-order valence-corrected chi connectivity index (χ1v) is 6.82. The monoisotopic (exact) mass is 315 g/mol. The van der Waals surface area contributed by atoms with Crippen molar-refractivity contribution in [1.29, 1.82) is 0 Å². The Kier molecular flexibility index (Phi) is 3.94. The van der Waals surface area contributed by atoms with E-state index in [1.165, 1.54) is 0 Å². The Hall–Kier alpha value is -0.740. The molecular formula is C12H15BrClN3. The lowest BCUT2D eigenvalue weighted by Gasteiger charge is -2.26. The van der Waals surface area contributed by atoms with E-state index in [0.29, 0.717) is 12.5 Å². The van der Waals surface area contributed by atoms with E-state index in [-0.39, 0.29) is 6.04 Å². The summed E-state index contributed by atoms with van der Waals surface area (Å²) in [6, 6.07) is 6.12. The minimum atomic E-state index is 0.176. The van der Waals surface area contributed by atoms with Gasteiger partial charge in [-0.3, -0.25) is 4.99 Å². The summed E-state index contributed by atoms with van der Waals surface area (Å²) < 4.78 is 0.986. The van der Waals surface area contributed by atoms with E-state index in [4.69, 9.17) is 17.3 Å². The largest absolute Gasteiger partial charge is 0.370 e. The first-order chi connectivity index (χ1) is 8.13. The second kappa shape index (κ2) is 5.27. The van der Waals surface area contributed by atoms with Gasteiger partial charge in [-0.25, -0.2) is 0 Å². The van der Waals surface area contributed by atoms with Gasteiger partial charge < -0.3 is 10.6 Å². The second-order valence-electron chi connectivity index (χ2n) is 4.07. The molecule has 0 spiro atoms. The molecule has 1 atom stereocenters. The van der Waals surface area contributed by atoms with Crippen molar-refractivity contribution in [2.24, 2.45) is 10.7 Å². The van der Waals surface area contributed by atoms with Crippen LogP contribution in [0.3, 0.4) is 0 Å². The molecule has 0 aromatic heterocycles. The van der Waals surface area contributed by atoms with Gasteiger partial charge in [0.05, 0.1) is 12.6 Å². The van der Waals surface area contributed by atoms with Crippen LogP contribution in [-0.2, 0) is 0 Å². The number of rotatable bonds is 3. The van der Waals surface area contributed by atoms with Crippen molar-refractivity contribution in [3.05, 3.63) is 33.3 Å². The first kappa shape index (κ1) is 12.7. The standard InChI is InChI=1S/C12H15BrClN3/c1-2-5-17-11(7-16-12(17)15)9-4-3-8(13)6-10(9)14/h3-4,6,11H,2,5,7H2,1H3,(H2,15,16). The molecule has 1 aromatic rings. The van der Waals surface area contributed by atoms with Crippen LogP contribution in [0.4, 0.5) is 0 Å². The van der Waals surface area contributed by atoms with Crippen molar-refractivity contribution >= 4 is 33.5 Å². The summed E-state index contributed by atoms with van der Waals surface area (Å²) in [5, 5.41) is 0.760. The fraction of sp³-hybridized carbons (Fsp3) is 0.417. The SMILES string of the molecule is CCCN1C(N)=NCC1c1ccc(Br)cc1Cl. The quantitative estimate of drug-likeness (QED) is 0.930. The minimum Gasteiger partial charge on any atom is -0.370 e. The molecule has 1 unspecified atom stereocenters. The van der Waals surface area contributed by atoms with Crippen LogP contribution < -0.4 is 5.73 Å². The first-order valence-electron chi connectivity index (χ1n) is 5.65. The average Bonchev–Trinajstić information content (AvgIpc) is 2.62. The second-order valence-corrected chi connectivity index (χ2v) is 5.40. The maximum absolute atomic E-state index is 6.27. The number of nitrogens with two attached hydrogens (primary N) is 1. The zero-order valence-corrected chi connectivity index (χ0v) is 12.0. The summed E-state index contributed by atoms with van der Waals surface area (Å²) in [7, 11) is 0. The highest BCUT2D eigenvalue weighted by atomic mass is 79.9. The highest BCUT2D eigenvalue weighted by Crippen LogP contribution is 2.32. The van der Waals surface area contributed by atoms with Crippen LogP contribution in [0.1, 0.15) is 24.9 Å². The van der Waals surface area contributed by atoms with Gasteiger partial charge in [-0.05, 0) is 24.1 Å². The zero-order chi connectivity index (χ0) is 12.4. The maximum Gasteiger partial charge on any atom is 0.191 e. The van der Waals surface area contributed by atoms with Gasteiger partial charge in [-0.2, -0.15) is 0 Å². The normalized spacial score (nSPS) is 19.6. The molecule has 1 aliphatic heterocycles. The van der Waals surface area contributed by atoms with Gasteiger partial charge in [0.2, 0.25) is 0 Å². The third-order valence-electron chi connectivity index (χ3n) is 2.88. The van der Waals surface area contributed by atoms with E-state index in [9.17, 15) is 0 Å². The molecule has 1 aliphatic rings. The van der Waals surface area contributed by atoms with E-state index in [1.54, 1.807) is 0 Å². The Balaban J connectivity index is 2.28. The molecule has 0 radical (unpaired) electrons. The van der Waals surface area contributed by atoms with E-state index < -0.39 is 0 Å². The van der Waals surface area contributed by atoms with Crippen molar-refractivity contribution < 1.29 is 0 Å². The summed E-state index contributed by atoms with van der Waals surface area (Å²) in [6.45, 7) is 3.73. The lowest BCUT2D eigenvalue weighted by Crippen LogP contribution is -2.36. The highest BCUT2D eigenvalue weighted by Gasteiger charge is 2.28. The van der Waals surface area contributed by atoms with Crippen LogP contribution in [0.25, 0.3) is 0 Å². The molecule has 1 aromatic carbocycles. The molecule has 92 valence electrons. The molecule has 0 bridgehead atoms. The molecule has 0 saturated heterocycles. The third kappa shape index (κ3) is 2.58. The Labute approximate surface area is 115 Å². The highest BCUT2D eigenvalue weighted by molar-refractivity contribution is 9.10. The van der Waals surface area contributed by atoms with Crippen molar-refractivity contribution in [2.45, 2.75) is 19.4 Å². The zero-order valence-electron chi connectivity index (χ0n) is 9.66. The van der Waals surface area contributed by atoms with Gasteiger partial charge in [-0.1, -0.05) is 40.5 Å². The molecule has 2 rings (SSSR count). The molecule has 17 heavy (non-hydrogen) atoms. The molecular weight excluding hydrogens is 302 g/mol. The fourth-order valence-corrected chi connectivity index (χ4v) is 2.88. The molecule has 5 heteroatoms. The lowest BCUT2D eigenvalue weighted by molar-refractivity contribution is 0.347. The number of benzene rings is 1. The summed E-state index contributed by atoms with van der Waals surface area (Å²) in [6.07, 6.45) is 1.04. The van der Waals surface area contributed by atoms with Crippen LogP contribution in [0.5, 0.6) is 0 Å². The molecule has 0 fully saturated rings. The van der Waals surface area contributed by atoms with Crippen molar-refractivity contribution in [3.63, 3.8) is 0 Å². The predicted octanol–water partition coefficient (Wildman–Crippen LogP) is 3.18. The number of guanidine groups is 1. The van der Waals surface area contributed by atoms with Crippen LogP contribution >= 0.6 is 27.5 Å². The van der Waals surface area contributed by atoms with Crippen LogP contribution in [-0.4, -0.2) is 23.9 Å². The summed E-state index contributed by atoms with van der Waals surface area (Å²) in [4.78, 5) is 6.43. The molecule has 1 heterocycles. The van der Waals surface area contributed by atoms with Crippen LogP contribution in [0.15, 0.2) is 27.7 Å². The average molecular weight is 317 g/mol. The summed E-state index contributed by atoms with van der Waals surface area (Å²) in [5.74, 6) is 0.621. The van der Waals surface area contributed by atoms with E-state index in [2.05, 4.69) is 32.7 Å². The number of aliphatic imine (C=N–C) groups is 1. The Bertz CT molecular complexity index is 447. The third-order valence-corrected chi connectivity index (χ3v) is 3.70. The van der Waals surface area contributed by atoms with Gasteiger partial charge in [0, 0.05) is 16.0 Å². The number of hydrogen-bond donors (Lipinski definition) is 1. The van der Waals surface area contributed by atoms with Crippen LogP contribution in [0, 0.1) is 0 Å². The lowest BCUT2D eigenvalue weighted by atomic mass is 10.1. The van der Waals surface area contributed by atoms with Crippen molar-refractivity contribution in [3.8, 4) is 0 Å². The van der Waals surface area contributed by atoms with E-state index in [1.807, 2.05) is 18.2 Å². The van der Waals surface area contributed by atoms with Crippen molar-refractivity contribution in [2.75, 3.05) is 13.1 Å². The summed E-state index contributed by atoms with van der Waals surface area (Å²) >= 11 is 9.69. The Morgan fingerprint density at radius 1 is 1.59 bits per heavy atom. The maximum atomic E-state index is 6.27. The van der Waals surface area contributed by atoms with Gasteiger partial charge in [0.15, 0.2) is 5.96 Å². The molecule has 0 amide bonds. The topological polar surface area (TPSA) is 41.6 Å². The predicted molar refractivity (Wildman–Crippen MR) is 75.4 cm³/mol. The van der Waals surface area contributed by atoms with Gasteiger partial charge in [0.1, 0.15) is 0 Å². The Morgan fingerprint density at radius 3 is 3.00 bits per heavy atom. The number of hydrogen-bond acceptors (Lipinski definition) is 3. The molecule has 2 N–H and O–H groups in total. The van der Waals surface area contributed by atoms with Crippen LogP contribution in [0.2, 0.25) is 5.02 Å². The minimum absolute atomic E-state index is 0.176.